The third-order valence-electron chi connectivity index (χ3n) is 5.18. The van der Waals surface area contributed by atoms with E-state index in [2.05, 4.69) is 20.5 Å². The predicted molar refractivity (Wildman–Crippen MR) is 97.6 cm³/mol. The van der Waals surface area contributed by atoms with Crippen LogP contribution in [0.15, 0.2) is 10.5 Å². The number of hydrogen-bond donors (Lipinski definition) is 3. The molecule has 4 N–H and O–H groups in total. The molecule has 31 heavy (non-hydrogen) atoms. The minimum absolute atomic E-state index is 0.0311. The maximum absolute atomic E-state index is 13.6. The molecule has 0 amide bonds. The minimum Gasteiger partial charge on any atom is -0.416 e. The van der Waals surface area contributed by atoms with Crippen LogP contribution in [0.1, 0.15) is 51.0 Å². The highest BCUT2D eigenvalue weighted by Gasteiger charge is 2.58. The zero-order chi connectivity index (χ0) is 23.2. The third-order valence-corrected chi connectivity index (χ3v) is 5.18. The Morgan fingerprint density at radius 2 is 1.74 bits per heavy atom. The van der Waals surface area contributed by atoms with Gasteiger partial charge in [0.05, 0.1) is 11.3 Å². The van der Waals surface area contributed by atoms with Gasteiger partial charge in [-0.2, -0.15) is 26.3 Å². The summed E-state index contributed by atoms with van der Waals surface area (Å²) in [5, 5.41) is 19.8. The highest BCUT2D eigenvalue weighted by molar-refractivity contribution is 5.71. The average Bonchev–Trinajstić information content (AvgIpc) is 3.12. The largest absolute Gasteiger partial charge is 0.426 e. The van der Waals surface area contributed by atoms with E-state index in [4.69, 9.17) is 10.2 Å². The number of pyridine rings is 1. The molecule has 2 aromatic heterocycles. The molecule has 3 heterocycles. The van der Waals surface area contributed by atoms with Crippen molar-refractivity contribution < 1.29 is 35.9 Å². The molecule has 3 rings (SSSR count). The van der Waals surface area contributed by atoms with Gasteiger partial charge in [0.1, 0.15) is 5.82 Å². The van der Waals surface area contributed by atoms with Crippen molar-refractivity contribution in [3.63, 3.8) is 0 Å². The molecule has 0 fully saturated rings. The zero-order valence-corrected chi connectivity index (χ0v) is 16.7. The van der Waals surface area contributed by atoms with Gasteiger partial charge in [-0.05, 0) is 30.7 Å². The van der Waals surface area contributed by atoms with Crippen molar-refractivity contribution in [2.24, 2.45) is 5.41 Å². The predicted octanol–water partition coefficient (Wildman–Crippen LogP) is 4.49. The first kappa shape index (κ1) is 23.1. The molecular weight excluding hydrogens is 432 g/mol. The first-order chi connectivity index (χ1) is 14.1. The number of nitrogen functional groups attached to an aromatic ring is 1. The van der Waals surface area contributed by atoms with Gasteiger partial charge in [0.25, 0.3) is 11.8 Å². The van der Waals surface area contributed by atoms with Crippen molar-refractivity contribution in [2.45, 2.75) is 57.5 Å². The lowest BCUT2D eigenvalue weighted by Crippen LogP contribution is -2.42. The monoisotopic (exact) mass is 453 g/mol. The summed E-state index contributed by atoms with van der Waals surface area (Å²) in [5.74, 6) is -2.32. The van der Waals surface area contributed by atoms with E-state index in [1.54, 1.807) is 13.8 Å². The summed E-state index contributed by atoms with van der Waals surface area (Å²) < 4.78 is 86.4. The summed E-state index contributed by atoms with van der Waals surface area (Å²) in [4.78, 5) is 3.83. The van der Waals surface area contributed by atoms with Crippen LogP contribution in [-0.2, 0) is 11.8 Å². The van der Waals surface area contributed by atoms with Crippen molar-refractivity contribution in [2.75, 3.05) is 17.6 Å². The second-order valence-electron chi connectivity index (χ2n) is 8.32. The van der Waals surface area contributed by atoms with Gasteiger partial charge in [0, 0.05) is 6.54 Å². The highest BCUT2D eigenvalue weighted by Crippen LogP contribution is 2.44. The van der Waals surface area contributed by atoms with Gasteiger partial charge < -0.3 is 20.6 Å². The highest BCUT2D eigenvalue weighted by atomic mass is 19.4. The number of alkyl halides is 6. The summed E-state index contributed by atoms with van der Waals surface area (Å²) in [6, 6.07) is 0.601. The lowest BCUT2D eigenvalue weighted by molar-refractivity contribution is -0.277. The molecule has 0 aliphatic carbocycles. The number of rotatable bonds is 0. The van der Waals surface area contributed by atoms with Gasteiger partial charge in [0.15, 0.2) is 5.69 Å². The fraction of sp³-hybridized carbons (Fsp3) is 0.611. The van der Waals surface area contributed by atoms with Gasteiger partial charge in [-0.3, -0.25) is 0 Å². The van der Waals surface area contributed by atoms with E-state index < -0.39 is 64.3 Å². The normalized spacial score (nSPS) is 22.5. The van der Waals surface area contributed by atoms with Crippen LogP contribution in [0, 0.1) is 5.41 Å². The molecule has 0 spiro atoms. The summed E-state index contributed by atoms with van der Waals surface area (Å²) in [7, 11) is 0. The number of aromatic nitrogens is 3. The number of aliphatic hydroxyl groups is 1. The lowest BCUT2D eigenvalue weighted by atomic mass is 9.85. The van der Waals surface area contributed by atoms with Crippen molar-refractivity contribution in [1.29, 1.82) is 0 Å². The fourth-order valence-electron chi connectivity index (χ4n) is 3.30. The van der Waals surface area contributed by atoms with E-state index >= 15 is 0 Å². The number of nitrogens with one attached hydrogen (secondary N) is 1. The van der Waals surface area contributed by atoms with Gasteiger partial charge in [0.2, 0.25) is 5.60 Å². The van der Waals surface area contributed by atoms with E-state index in [0.717, 1.165) is 0 Å². The third kappa shape index (κ3) is 4.55. The Hall–Kier alpha value is -2.57. The molecule has 1 aliphatic rings. The van der Waals surface area contributed by atoms with Gasteiger partial charge in [-0.25, -0.2) is 4.98 Å². The second kappa shape index (κ2) is 7.53. The topological polar surface area (TPSA) is 110 Å². The first-order valence-corrected chi connectivity index (χ1v) is 9.39. The van der Waals surface area contributed by atoms with Crippen molar-refractivity contribution in [3.05, 3.63) is 17.5 Å². The molecule has 1 atom stereocenters. The van der Waals surface area contributed by atoms with Crippen LogP contribution < -0.4 is 11.1 Å². The molecule has 13 heteroatoms. The summed E-state index contributed by atoms with van der Waals surface area (Å²) in [6.45, 7) is 3.58. The number of nitrogens with zero attached hydrogens (tertiary/aromatic N) is 3. The first-order valence-electron chi connectivity index (χ1n) is 9.39. The fourth-order valence-corrected chi connectivity index (χ4v) is 3.30. The average molecular weight is 453 g/mol. The standard InChI is InChI=1S/C18H21F6N5O2/c1-15(2)5-3-4-6-16(30,18(22,23)24)14-29-28-13(31-14)11-10(25)7-9(17(19,20)21)12(27-11)26-8-15/h7,30H,3-6,8,25H2,1-2H3,(H,26,27). The molecule has 1 unspecified atom stereocenters. The number of fused-ring (bicyclic) bond motifs is 5. The number of nitrogens with two attached hydrogens (primary N) is 1. The van der Waals surface area contributed by atoms with Crippen LogP contribution in [0.25, 0.3) is 11.6 Å². The molecule has 172 valence electrons. The molecule has 0 saturated heterocycles. The maximum Gasteiger partial charge on any atom is 0.426 e. The van der Waals surface area contributed by atoms with Crippen molar-refractivity contribution in [1.82, 2.24) is 15.2 Å². The smallest absolute Gasteiger partial charge is 0.416 e. The Morgan fingerprint density at radius 1 is 1.10 bits per heavy atom. The molecule has 1 aliphatic heterocycles. The molecule has 4 bridgehead atoms. The molecule has 2 aromatic rings. The van der Waals surface area contributed by atoms with Gasteiger partial charge in [-0.15, -0.1) is 10.2 Å². The summed E-state index contributed by atoms with van der Waals surface area (Å²) in [6.07, 6.45) is -9.99. The Balaban J connectivity index is 2.19. The van der Waals surface area contributed by atoms with Crippen LogP contribution in [-0.4, -0.2) is 33.0 Å². The van der Waals surface area contributed by atoms with E-state index in [9.17, 15) is 31.4 Å². The lowest BCUT2D eigenvalue weighted by Gasteiger charge is -2.29. The Bertz CT molecular complexity index is 956. The minimum atomic E-state index is -5.12. The van der Waals surface area contributed by atoms with Crippen LogP contribution in [0.5, 0.6) is 0 Å². The summed E-state index contributed by atoms with van der Waals surface area (Å²) in [5.41, 5.74) is -0.386. The molecule has 0 saturated carbocycles. The molecule has 7 nitrogen and oxygen atoms in total. The number of halogens is 6. The molecule has 0 radical (unpaired) electrons. The Labute approximate surface area is 173 Å². The zero-order valence-electron chi connectivity index (χ0n) is 16.7. The number of hydrogen-bond acceptors (Lipinski definition) is 7. The van der Waals surface area contributed by atoms with E-state index in [0.29, 0.717) is 12.5 Å². The maximum atomic E-state index is 13.6. The molecular formula is C18H21F6N5O2. The SMILES string of the molecule is CC1(C)CCCCC(O)(C(F)(F)F)c2nnc(o2)-c2nc(c(C(F)(F)F)cc2N)NC1. The van der Waals surface area contributed by atoms with E-state index in [-0.39, 0.29) is 19.4 Å². The van der Waals surface area contributed by atoms with Crippen LogP contribution >= 0.6 is 0 Å². The van der Waals surface area contributed by atoms with E-state index in [1.807, 2.05) is 0 Å². The molecule has 0 aromatic carbocycles. The van der Waals surface area contributed by atoms with E-state index in [1.165, 1.54) is 0 Å². The quantitative estimate of drug-likeness (QED) is 0.504. The Morgan fingerprint density at radius 3 is 2.35 bits per heavy atom. The van der Waals surface area contributed by atoms with Crippen LogP contribution in [0.4, 0.5) is 37.8 Å². The number of anilines is 2. The van der Waals surface area contributed by atoms with Crippen molar-refractivity contribution >= 4 is 11.5 Å². The Kier molecular flexibility index (Phi) is 5.61. The van der Waals surface area contributed by atoms with Crippen LogP contribution in [0.3, 0.4) is 0 Å². The van der Waals surface area contributed by atoms with Crippen molar-refractivity contribution in [3.8, 4) is 11.6 Å². The van der Waals surface area contributed by atoms with Gasteiger partial charge >= 0.3 is 12.4 Å². The second-order valence-corrected chi connectivity index (χ2v) is 8.32. The summed E-state index contributed by atoms with van der Waals surface area (Å²) >= 11 is 0. The van der Waals surface area contributed by atoms with Gasteiger partial charge in [-0.1, -0.05) is 20.3 Å². The van der Waals surface area contributed by atoms with Crippen LogP contribution in [0.2, 0.25) is 0 Å².